The van der Waals surface area contributed by atoms with E-state index in [2.05, 4.69) is 10.6 Å². The summed E-state index contributed by atoms with van der Waals surface area (Å²) in [4.78, 5) is 40.6. The summed E-state index contributed by atoms with van der Waals surface area (Å²) in [5.41, 5.74) is 3.44. The number of nitrogens with two attached hydrogens (primary N) is 1. The zero-order valence-corrected chi connectivity index (χ0v) is 21.5. The van der Waals surface area contributed by atoms with Crippen molar-refractivity contribution in [1.82, 2.24) is 15.5 Å². The number of hydrogen-bond acceptors (Lipinski definition) is 10. The number of Topliss-reactive ketones (excluding diaryl/α,β-unsaturated/α-hetero) is 2. The number of amides is 1. The molecule has 1 amide bonds. The third-order valence-corrected chi connectivity index (χ3v) is 8.62. The molecule has 0 bridgehead atoms. The number of rotatable bonds is 5. The van der Waals surface area contributed by atoms with Gasteiger partial charge in [0.05, 0.1) is 11.6 Å². The molecule has 1 aliphatic heterocycles. The van der Waals surface area contributed by atoms with Gasteiger partial charge in [-0.25, -0.2) is 0 Å². The molecule has 1 saturated carbocycles. The van der Waals surface area contributed by atoms with Crippen molar-refractivity contribution >= 4 is 23.2 Å². The minimum atomic E-state index is -2.63. The van der Waals surface area contributed by atoms with Crippen molar-refractivity contribution < 1.29 is 34.8 Å². The molecule has 4 atom stereocenters. The second-order valence-corrected chi connectivity index (χ2v) is 11.0. The van der Waals surface area contributed by atoms with Crippen LogP contribution in [0.25, 0.3) is 5.76 Å². The van der Waals surface area contributed by atoms with E-state index in [0.717, 1.165) is 31.5 Å². The molecule has 2 fully saturated rings. The summed E-state index contributed by atoms with van der Waals surface area (Å²) in [5.74, 6) is -6.46. The van der Waals surface area contributed by atoms with Crippen LogP contribution in [-0.4, -0.2) is 87.7 Å². The highest BCUT2D eigenvalue weighted by Crippen LogP contribution is 2.52. The number of benzene rings is 1. The Morgan fingerprint density at radius 1 is 1.18 bits per heavy atom. The Bertz CT molecular complexity index is 1280. The van der Waals surface area contributed by atoms with Gasteiger partial charge in [-0.3, -0.25) is 19.3 Å². The Kier molecular flexibility index (Phi) is 6.59. The van der Waals surface area contributed by atoms with Crippen LogP contribution in [0.15, 0.2) is 29.0 Å². The SMILES string of the molecule is CN(C)C1C(=O)C(C(N)=O)=C(O)C2(O)C(=O)C3=C(O)c4c(O)ccc(CNC5CCNCC5)c4CC3CC12. The molecule has 0 spiro atoms. The van der Waals surface area contributed by atoms with Gasteiger partial charge < -0.3 is 36.8 Å². The van der Waals surface area contributed by atoms with E-state index in [-0.39, 0.29) is 29.7 Å². The van der Waals surface area contributed by atoms with E-state index in [0.29, 0.717) is 18.2 Å². The Morgan fingerprint density at radius 2 is 1.87 bits per heavy atom. The molecule has 11 heteroatoms. The van der Waals surface area contributed by atoms with Gasteiger partial charge >= 0.3 is 0 Å². The first-order chi connectivity index (χ1) is 18.0. The third kappa shape index (κ3) is 3.84. The third-order valence-electron chi connectivity index (χ3n) is 8.62. The Hall–Kier alpha value is -3.25. The van der Waals surface area contributed by atoms with Crippen molar-refractivity contribution in [2.24, 2.45) is 17.6 Å². The van der Waals surface area contributed by atoms with Gasteiger partial charge in [0.2, 0.25) is 5.78 Å². The summed E-state index contributed by atoms with van der Waals surface area (Å²) < 4.78 is 0. The second-order valence-electron chi connectivity index (χ2n) is 11.0. The number of primary amides is 1. The molecule has 11 nitrogen and oxygen atoms in total. The number of likely N-dealkylation sites (N-methyl/N-ethyl adjacent to an activating group) is 1. The van der Waals surface area contributed by atoms with Crippen LogP contribution in [0.1, 0.15) is 36.0 Å². The molecule has 0 radical (unpaired) electrons. The van der Waals surface area contributed by atoms with E-state index in [4.69, 9.17) is 5.73 Å². The Balaban J connectivity index is 1.60. The smallest absolute Gasteiger partial charge is 0.255 e. The average Bonchev–Trinajstić information content (AvgIpc) is 2.86. The summed E-state index contributed by atoms with van der Waals surface area (Å²) in [5, 5.41) is 51.5. The van der Waals surface area contributed by atoms with Crippen LogP contribution in [0, 0.1) is 11.8 Å². The van der Waals surface area contributed by atoms with Crippen LogP contribution in [0.4, 0.5) is 0 Å². The standard InChI is InChI=1S/C27H34N4O7/c1-31(2)21-16-10-13-9-15-12(11-30-14-5-7-29-8-6-14)3-4-17(32)19(15)22(33)18(13)24(35)27(16,38)25(36)20(23(21)34)26(28)37/h3-4,13-14,16,21,29-30,32-33,36,38H,5-11H2,1-2H3,(H2,28,37). The summed E-state index contributed by atoms with van der Waals surface area (Å²) in [7, 11) is 3.16. The van der Waals surface area contributed by atoms with Crippen molar-refractivity contribution in [2.45, 2.75) is 49.9 Å². The molecule has 4 aliphatic rings. The van der Waals surface area contributed by atoms with Crippen molar-refractivity contribution in [3.63, 3.8) is 0 Å². The molecule has 4 unspecified atom stereocenters. The molecule has 1 heterocycles. The number of piperidine rings is 1. The van der Waals surface area contributed by atoms with Crippen LogP contribution in [0.3, 0.4) is 0 Å². The molecule has 1 saturated heterocycles. The fourth-order valence-electron chi connectivity index (χ4n) is 6.75. The molecule has 8 N–H and O–H groups in total. The zero-order chi connectivity index (χ0) is 27.5. The lowest BCUT2D eigenvalue weighted by Gasteiger charge is -2.50. The topological polar surface area (TPSA) is 185 Å². The van der Waals surface area contributed by atoms with Crippen LogP contribution < -0.4 is 16.4 Å². The Morgan fingerprint density at radius 3 is 2.50 bits per heavy atom. The maximum absolute atomic E-state index is 13.9. The zero-order valence-electron chi connectivity index (χ0n) is 21.5. The van der Waals surface area contributed by atoms with Crippen molar-refractivity contribution in [3.05, 3.63) is 45.7 Å². The van der Waals surface area contributed by atoms with Gasteiger partial charge in [0.1, 0.15) is 22.8 Å². The lowest BCUT2D eigenvalue weighted by atomic mass is 9.57. The number of phenols is 1. The van der Waals surface area contributed by atoms with Crippen LogP contribution in [0.2, 0.25) is 0 Å². The van der Waals surface area contributed by atoms with E-state index >= 15 is 0 Å². The van der Waals surface area contributed by atoms with Crippen molar-refractivity contribution in [1.29, 1.82) is 0 Å². The van der Waals surface area contributed by atoms with E-state index in [9.17, 15) is 34.8 Å². The lowest BCUT2D eigenvalue weighted by Crippen LogP contribution is -2.65. The molecule has 1 aromatic rings. The van der Waals surface area contributed by atoms with E-state index < -0.39 is 58.0 Å². The second kappa shape index (κ2) is 9.49. The van der Waals surface area contributed by atoms with Gasteiger partial charge in [-0.15, -0.1) is 0 Å². The number of nitrogens with one attached hydrogen (secondary N) is 2. The maximum atomic E-state index is 13.9. The average molecular weight is 527 g/mol. The van der Waals surface area contributed by atoms with Crippen LogP contribution in [0.5, 0.6) is 5.75 Å². The first-order valence-corrected chi connectivity index (χ1v) is 12.9. The number of ketones is 2. The summed E-state index contributed by atoms with van der Waals surface area (Å²) in [6.45, 7) is 2.36. The quantitative estimate of drug-likeness (QED) is 0.254. The van der Waals surface area contributed by atoms with Gasteiger partial charge in [0.25, 0.3) is 5.91 Å². The summed E-state index contributed by atoms with van der Waals surface area (Å²) in [6, 6.07) is 2.49. The predicted molar refractivity (Wildman–Crippen MR) is 137 cm³/mol. The highest BCUT2D eigenvalue weighted by Gasteiger charge is 2.64. The van der Waals surface area contributed by atoms with Crippen LogP contribution >= 0.6 is 0 Å². The van der Waals surface area contributed by atoms with E-state index in [1.54, 1.807) is 20.2 Å². The van der Waals surface area contributed by atoms with Crippen LogP contribution in [-0.2, 0) is 27.3 Å². The van der Waals surface area contributed by atoms with Gasteiger partial charge in [-0.2, -0.15) is 0 Å². The number of carbonyl (C=O) groups is 3. The fourth-order valence-corrected chi connectivity index (χ4v) is 6.75. The number of phenolic OH excluding ortho intramolecular Hbond substituents is 1. The lowest BCUT2D eigenvalue weighted by molar-refractivity contribution is -0.153. The first-order valence-electron chi connectivity index (χ1n) is 12.9. The number of aliphatic hydroxyl groups excluding tert-OH is 2. The number of carbonyl (C=O) groups excluding carboxylic acids is 3. The highest BCUT2D eigenvalue weighted by molar-refractivity contribution is 6.24. The molecule has 5 rings (SSSR count). The van der Waals surface area contributed by atoms with E-state index in [1.807, 2.05) is 0 Å². The monoisotopic (exact) mass is 526 g/mol. The number of aromatic hydroxyl groups is 1. The van der Waals surface area contributed by atoms with E-state index in [1.165, 1.54) is 11.0 Å². The van der Waals surface area contributed by atoms with Crippen molar-refractivity contribution in [2.75, 3.05) is 27.2 Å². The first kappa shape index (κ1) is 26.4. The normalized spacial score (nSPS) is 29.8. The molecule has 38 heavy (non-hydrogen) atoms. The molecule has 204 valence electrons. The molecule has 1 aromatic carbocycles. The molecule has 3 aliphatic carbocycles. The number of nitrogens with zero attached hydrogens (tertiary/aromatic N) is 1. The Labute approximate surface area is 220 Å². The highest BCUT2D eigenvalue weighted by atomic mass is 16.3. The van der Waals surface area contributed by atoms with Gasteiger partial charge in [0.15, 0.2) is 11.4 Å². The summed E-state index contributed by atoms with van der Waals surface area (Å²) in [6.07, 6.45) is 2.32. The van der Waals surface area contributed by atoms with Gasteiger partial charge in [0, 0.05) is 24.1 Å². The minimum Gasteiger partial charge on any atom is -0.508 e. The largest absolute Gasteiger partial charge is 0.508 e. The van der Waals surface area contributed by atoms with Gasteiger partial charge in [-0.05, 0) is 76.0 Å². The predicted octanol–water partition coefficient (Wildman–Crippen LogP) is -0.194. The number of aliphatic hydroxyl groups is 3. The van der Waals surface area contributed by atoms with Crippen molar-refractivity contribution in [3.8, 4) is 5.75 Å². The number of fused-ring (bicyclic) bond motifs is 3. The minimum absolute atomic E-state index is 0.0720. The van der Waals surface area contributed by atoms with Gasteiger partial charge in [-0.1, -0.05) is 6.07 Å². The summed E-state index contributed by atoms with van der Waals surface area (Å²) >= 11 is 0. The molecule has 0 aromatic heterocycles. The number of hydrogen-bond donors (Lipinski definition) is 7. The maximum Gasteiger partial charge on any atom is 0.255 e. The molecular weight excluding hydrogens is 492 g/mol. The fraction of sp³-hybridized carbons (Fsp3) is 0.519. The molecular formula is C27H34N4O7.